The van der Waals surface area contributed by atoms with Crippen molar-refractivity contribution in [2.45, 2.75) is 32.2 Å². The molecule has 0 saturated carbocycles. The van der Waals surface area contributed by atoms with Gasteiger partial charge in [-0.05, 0) is 6.42 Å². The number of hydrogen-bond donors (Lipinski definition) is 2. The average Bonchev–Trinajstić information content (AvgIpc) is 1.98. The normalized spacial score (nSPS) is 11.9. The second kappa shape index (κ2) is 6.60. The summed E-state index contributed by atoms with van der Waals surface area (Å²) in [6.07, 6.45) is 3.17. The van der Waals surface area contributed by atoms with E-state index < -0.39 is 0 Å². The third-order valence-electron chi connectivity index (χ3n) is 1.14. The summed E-state index contributed by atoms with van der Waals surface area (Å²) < 4.78 is 0. The number of nitrogens with two attached hydrogens (primary N) is 1. The van der Waals surface area contributed by atoms with Crippen LogP contribution in [-0.2, 0) is 0 Å². The zero-order valence-electron chi connectivity index (χ0n) is 6.43. The molecule has 2 heteroatoms. The molecule has 0 fully saturated rings. The first-order valence-electron chi connectivity index (χ1n) is 3.66. The fraction of sp³-hybridized carbons (Fsp3) is 0.750. The quantitative estimate of drug-likeness (QED) is 0.444. The van der Waals surface area contributed by atoms with Crippen LogP contribution in [0.25, 0.3) is 0 Å². The summed E-state index contributed by atoms with van der Waals surface area (Å²) in [6, 6.07) is -0.350. The summed E-state index contributed by atoms with van der Waals surface area (Å²) in [6.45, 7) is 2.08. The molecule has 10 heavy (non-hydrogen) atoms. The molecule has 0 aliphatic rings. The molecule has 3 N–H and O–H groups in total. The lowest BCUT2D eigenvalue weighted by molar-refractivity contribution is 0.287. The van der Waals surface area contributed by atoms with Crippen LogP contribution >= 0.6 is 0 Å². The largest absolute Gasteiger partial charge is 0.394 e. The lowest BCUT2D eigenvalue weighted by Crippen LogP contribution is -2.21. The highest BCUT2D eigenvalue weighted by atomic mass is 16.3. The molecule has 0 aromatic heterocycles. The van der Waals surface area contributed by atoms with Crippen molar-refractivity contribution < 1.29 is 5.11 Å². The Balaban J connectivity index is 3.29. The summed E-state index contributed by atoms with van der Waals surface area (Å²) in [4.78, 5) is 0. The lowest BCUT2D eigenvalue weighted by atomic mass is 10.2. The minimum Gasteiger partial charge on any atom is -0.394 e. The fourth-order valence-electron chi connectivity index (χ4n) is 0.514. The van der Waals surface area contributed by atoms with Crippen molar-refractivity contribution in [3.63, 3.8) is 0 Å². The standard InChI is InChI=1S/C8H15NO/c1-2-3-4-5-6-8(9)7-10/h8,10H,2-4,7,9H2,1H3. The zero-order valence-corrected chi connectivity index (χ0v) is 6.43. The van der Waals surface area contributed by atoms with Crippen LogP contribution < -0.4 is 5.73 Å². The van der Waals surface area contributed by atoms with Gasteiger partial charge in [0.25, 0.3) is 0 Å². The van der Waals surface area contributed by atoms with Gasteiger partial charge in [-0.1, -0.05) is 19.3 Å². The van der Waals surface area contributed by atoms with Crippen LogP contribution in [0.2, 0.25) is 0 Å². The zero-order chi connectivity index (χ0) is 7.82. The molecule has 0 radical (unpaired) electrons. The topological polar surface area (TPSA) is 46.2 Å². The molecule has 0 saturated heterocycles. The van der Waals surface area contributed by atoms with E-state index in [9.17, 15) is 0 Å². The first kappa shape index (κ1) is 9.48. The highest BCUT2D eigenvalue weighted by Gasteiger charge is 1.89. The predicted molar refractivity (Wildman–Crippen MR) is 42.4 cm³/mol. The second-order valence-electron chi connectivity index (χ2n) is 2.21. The average molecular weight is 141 g/mol. The number of aliphatic hydroxyl groups excluding tert-OH is 1. The van der Waals surface area contributed by atoms with E-state index in [0.717, 1.165) is 19.3 Å². The van der Waals surface area contributed by atoms with Crippen molar-refractivity contribution in [2.75, 3.05) is 6.61 Å². The Kier molecular flexibility index (Phi) is 6.25. The SMILES string of the molecule is CCCCC#CC(N)CO. The van der Waals surface area contributed by atoms with E-state index in [1.165, 1.54) is 0 Å². The molecule has 0 aromatic rings. The van der Waals surface area contributed by atoms with Gasteiger partial charge in [-0.25, -0.2) is 0 Å². The van der Waals surface area contributed by atoms with E-state index in [0.29, 0.717) is 0 Å². The van der Waals surface area contributed by atoms with Gasteiger partial charge in [0.15, 0.2) is 0 Å². The van der Waals surface area contributed by atoms with E-state index >= 15 is 0 Å². The molecule has 58 valence electrons. The van der Waals surface area contributed by atoms with Crippen molar-refractivity contribution in [1.29, 1.82) is 0 Å². The number of hydrogen-bond acceptors (Lipinski definition) is 2. The van der Waals surface area contributed by atoms with Gasteiger partial charge < -0.3 is 10.8 Å². The van der Waals surface area contributed by atoms with Crippen LogP contribution in [0.15, 0.2) is 0 Å². The summed E-state index contributed by atoms with van der Waals surface area (Å²) >= 11 is 0. The van der Waals surface area contributed by atoms with Crippen LogP contribution in [0, 0.1) is 11.8 Å². The Morgan fingerprint density at radius 3 is 2.80 bits per heavy atom. The van der Waals surface area contributed by atoms with Gasteiger partial charge in [0.2, 0.25) is 0 Å². The molecule has 2 nitrogen and oxygen atoms in total. The fourth-order valence-corrected chi connectivity index (χ4v) is 0.514. The minimum atomic E-state index is -0.350. The third kappa shape index (κ3) is 5.61. The van der Waals surface area contributed by atoms with Gasteiger partial charge in [0.1, 0.15) is 0 Å². The van der Waals surface area contributed by atoms with E-state index in [-0.39, 0.29) is 12.6 Å². The van der Waals surface area contributed by atoms with Crippen LogP contribution in [0.3, 0.4) is 0 Å². The number of unbranched alkanes of at least 4 members (excludes halogenated alkanes) is 2. The first-order valence-corrected chi connectivity index (χ1v) is 3.66. The summed E-state index contributed by atoms with van der Waals surface area (Å²) in [7, 11) is 0. The maximum Gasteiger partial charge on any atom is 0.0898 e. The van der Waals surface area contributed by atoms with Crippen LogP contribution in [-0.4, -0.2) is 17.8 Å². The molecule has 0 rings (SSSR count). The molecule has 0 amide bonds. The van der Waals surface area contributed by atoms with Crippen molar-refractivity contribution in [2.24, 2.45) is 5.73 Å². The molecule has 0 aliphatic heterocycles. The van der Waals surface area contributed by atoms with Gasteiger partial charge in [-0.3, -0.25) is 0 Å². The maximum atomic E-state index is 8.46. The molecule has 0 aliphatic carbocycles. The van der Waals surface area contributed by atoms with E-state index in [1.807, 2.05) is 0 Å². The van der Waals surface area contributed by atoms with Gasteiger partial charge in [-0.15, -0.1) is 5.92 Å². The molecule has 0 spiro atoms. The maximum absolute atomic E-state index is 8.46. The van der Waals surface area contributed by atoms with Crippen LogP contribution in [0.4, 0.5) is 0 Å². The lowest BCUT2D eigenvalue weighted by Gasteiger charge is -1.94. The van der Waals surface area contributed by atoms with Gasteiger partial charge in [0, 0.05) is 6.42 Å². The minimum absolute atomic E-state index is 0.0425. The van der Waals surface area contributed by atoms with Crippen molar-refractivity contribution in [3.8, 4) is 11.8 Å². The van der Waals surface area contributed by atoms with E-state index in [2.05, 4.69) is 18.8 Å². The Morgan fingerprint density at radius 2 is 2.30 bits per heavy atom. The monoisotopic (exact) mass is 141 g/mol. The third-order valence-corrected chi connectivity index (χ3v) is 1.14. The van der Waals surface area contributed by atoms with Crippen LogP contribution in [0.5, 0.6) is 0 Å². The van der Waals surface area contributed by atoms with Gasteiger partial charge >= 0.3 is 0 Å². The summed E-state index contributed by atoms with van der Waals surface area (Å²) in [5, 5.41) is 8.46. The summed E-state index contributed by atoms with van der Waals surface area (Å²) in [5.74, 6) is 5.65. The first-order chi connectivity index (χ1) is 4.81. The molecular formula is C8H15NO. The number of rotatable bonds is 3. The van der Waals surface area contributed by atoms with Crippen molar-refractivity contribution in [1.82, 2.24) is 0 Å². The Bertz CT molecular complexity index is 123. The van der Waals surface area contributed by atoms with Crippen molar-refractivity contribution >= 4 is 0 Å². The molecule has 1 unspecified atom stereocenters. The van der Waals surface area contributed by atoms with Crippen molar-refractivity contribution in [3.05, 3.63) is 0 Å². The van der Waals surface area contributed by atoms with E-state index in [4.69, 9.17) is 10.8 Å². The van der Waals surface area contributed by atoms with E-state index in [1.54, 1.807) is 0 Å². The van der Waals surface area contributed by atoms with Crippen LogP contribution in [0.1, 0.15) is 26.2 Å². The smallest absolute Gasteiger partial charge is 0.0898 e. The Labute approximate surface area is 62.4 Å². The molecule has 0 aromatic carbocycles. The van der Waals surface area contributed by atoms with Gasteiger partial charge in [-0.2, -0.15) is 0 Å². The second-order valence-corrected chi connectivity index (χ2v) is 2.21. The highest BCUT2D eigenvalue weighted by molar-refractivity contribution is 5.06. The predicted octanol–water partition coefficient (Wildman–Crippen LogP) is 0.500. The highest BCUT2D eigenvalue weighted by Crippen LogP contribution is 1.90. The number of aliphatic hydroxyl groups is 1. The molecule has 0 heterocycles. The Hall–Kier alpha value is -0.520. The summed E-state index contributed by atoms with van der Waals surface area (Å²) in [5.41, 5.74) is 5.33. The molecule has 0 bridgehead atoms. The molecule has 1 atom stereocenters. The van der Waals surface area contributed by atoms with Gasteiger partial charge in [0.05, 0.1) is 12.6 Å². The molecular weight excluding hydrogens is 126 g/mol. The Morgan fingerprint density at radius 1 is 1.60 bits per heavy atom.